The number of hydrogen-bond acceptors (Lipinski definition) is 4. The maximum Gasteiger partial charge on any atom is 0.267 e. The summed E-state index contributed by atoms with van der Waals surface area (Å²) in [6.07, 6.45) is 0. The van der Waals surface area contributed by atoms with Gasteiger partial charge in [0.25, 0.3) is 11.8 Å². The van der Waals surface area contributed by atoms with E-state index in [0.29, 0.717) is 37.6 Å². The van der Waals surface area contributed by atoms with E-state index in [4.69, 9.17) is 11.5 Å². The maximum absolute atomic E-state index is 12.8. The highest BCUT2D eigenvalue weighted by Crippen LogP contribution is 2.44. The Morgan fingerprint density at radius 2 is 1.03 bits per heavy atom. The number of aryl methyl sites for hydroxylation is 2. The number of rotatable bonds is 10. The number of amides is 2. The molecule has 4 aromatic rings. The second kappa shape index (κ2) is 11.3. The summed E-state index contributed by atoms with van der Waals surface area (Å²) < 4.78 is 0. The van der Waals surface area contributed by atoms with Gasteiger partial charge in [-0.1, -0.05) is 59.7 Å². The number of aromatic amines is 2. The second-order valence-corrected chi connectivity index (χ2v) is 9.14. The van der Waals surface area contributed by atoms with Crippen LogP contribution in [0, 0.1) is 13.8 Å². The summed E-state index contributed by atoms with van der Waals surface area (Å²) in [7, 11) is 0. The van der Waals surface area contributed by atoms with Crippen LogP contribution in [0.2, 0.25) is 0 Å². The Kier molecular flexibility index (Phi) is 7.91. The SMILES string of the molecule is Cc1ccc(C(c2ccc(C)cc2)(c2ccc(C(=O)NCCN)[nH]2)c2ccc(C(=O)NCCN)[nH]2)cc1. The summed E-state index contributed by atoms with van der Waals surface area (Å²) in [5, 5.41) is 5.64. The number of nitrogens with two attached hydrogens (primary N) is 2. The first-order valence-corrected chi connectivity index (χ1v) is 12.4. The maximum atomic E-state index is 12.8. The van der Waals surface area contributed by atoms with E-state index < -0.39 is 5.41 Å². The average molecular weight is 499 g/mol. The molecule has 2 heterocycles. The molecule has 0 unspecified atom stereocenters. The van der Waals surface area contributed by atoms with Crippen molar-refractivity contribution in [2.45, 2.75) is 19.3 Å². The first kappa shape index (κ1) is 25.9. The Morgan fingerprint density at radius 3 is 1.38 bits per heavy atom. The van der Waals surface area contributed by atoms with Gasteiger partial charge in [0, 0.05) is 37.6 Å². The van der Waals surface area contributed by atoms with E-state index in [-0.39, 0.29) is 11.8 Å². The Morgan fingerprint density at radius 1 is 0.649 bits per heavy atom. The first-order valence-electron chi connectivity index (χ1n) is 12.4. The minimum Gasteiger partial charge on any atom is -0.353 e. The smallest absolute Gasteiger partial charge is 0.267 e. The lowest BCUT2D eigenvalue weighted by atomic mass is 9.69. The van der Waals surface area contributed by atoms with Crippen molar-refractivity contribution in [1.29, 1.82) is 0 Å². The molecular formula is C29H34N6O2. The van der Waals surface area contributed by atoms with E-state index in [2.05, 4.69) is 69.1 Å². The van der Waals surface area contributed by atoms with Crippen LogP contribution in [0.3, 0.4) is 0 Å². The Labute approximate surface area is 216 Å². The standard InChI is InChI=1S/C29H34N6O2/c1-19-3-7-21(8-4-19)29(22-9-5-20(2)6-10-22,25-13-11-23(34-25)27(36)32-17-15-30)26-14-12-24(35-26)28(37)33-18-16-31/h3-14,34-35H,15-18,30-31H2,1-2H3,(H,32,36)(H,33,37). The molecule has 0 saturated carbocycles. The third-order valence-electron chi connectivity index (χ3n) is 6.50. The molecule has 0 bridgehead atoms. The molecule has 4 rings (SSSR count). The molecule has 0 saturated heterocycles. The molecule has 0 fully saturated rings. The molecule has 0 aliphatic rings. The molecule has 0 aliphatic carbocycles. The fraction of sp³-hybridized carbons (Fsp3) is 0.241. The molecule has 2 aromatic carbocycles. The molecule has 2 amide bonds. The van der Waals surface area contributed by atoms with Crippen molar-refractivity contribution < 1.29 is 9.59 Å². The van der Waals surface area contributed by atoms with Crippen LogP contribution in [0.1, 0.15) is 54.6 Å². The molecule has 37 heavy (non-hydrogen) atoms. The zero-order valence-electron chi connectivity index (χ0n) is 21.2. The summed E-state index contributed by atoms with van der Waals surface area (Å²) in [6.45, 7) is 5.56. The second-order valence-electron chi connectivity index (χ2n) is 9.14. The van der Waals surface area contributed by atoms with E-state index >= 15 is 0 Å². The molecular weight excluding hydrogens is 464 g/mol. The molecule has 8 nitrogen and oxygen atoms in total. The summed E-state index contributed by atoms with van der Waals surface area (Å²) >= 11 is 0. The van der Waals surface area contributed by atoms with Gasteiger partial charge in [0.2, 0.25) is 0 Å². The Bertz CT molecular complexity index is 1250. The highest BCUT2D eigenvalue weighted by Gasteiger charge is 2.41. The van der Waals surface area contributed by atoms with Crippen LogP contribution < -0.4 is 22.1 Å². The van der Waals surface area contributed by atoms with Crippen LogP contribution in [0.4, 0.5) is 0 Å². The van der Waals surface area contributed by atoms with Gasteiger partial charge in [-0.3, -0.25) is 9.59 Å². The van der Waals surface area contributed by atoms with Gasteiger partial charge in [-0.2, -0.15) is 0 Å². The van der Waals surface area contributed by atoms with Gasteiger partial charge in [0.1, 0.15) is 16.8 Å². The predicted octanol–water partition coefficient (Wildman–Crippen LogP) is 2.72. The van der Waals surface area contributed by atoms with Crippen molar-refractivity contribution >= 4 is 11.8 Å². The molecule has 2 aromatic heterocycles. The summed E-state index contributed by atoms with van der Waals surface area (Å²) in [4.78, 5) is 32.3. The number of hydrogen-bond donors (Lipinski definition) is 6. The number of carbonyl (C=O) groups excluding carboxylic acids is 2. The Hall–Kier alpha value is -4.14. The van der Waals surface area contributed by atoms with E-state index in [9.17, 15) is 9.59 Å². The number of aromatic nitrogens is 2. The lowest BCUT2D eigenvalue weighted by Crippen LogP contribution is -2.33. The molecule has 8 heteroatoms. The van der Waals surface area contributed by atoms with E-state index in [1.807, 2.05) is 26.0 Å². The van der Waals surface area contributed by atoms with Crippen LogP contribution in [0.15, 0.2) is 72.8 Å². The largest absolute Gasteiger partial charge is 0.353 e. The van der Waals surface area contributed by atoms with Gasteiger partial charge in [-0.05, 0) is 49.2 Å². The van der Waals surface area contributed by atoms with E-state index in [1.54, 1.807) is 12.1 Å². The quantitative estimate of drug-likeness (QED) is 0.200. The molecule has 0 spiro atoms. The van der Waals surface area contributed by atoms with Crippen LogP contribution in [-0.4, -0.2) is 48.0 Å². The summed E-state index contributed by atoms with van der Waals surface area (Å²) in [6, 6.07) is 24.0. The van der Waals surface area contributed by atoms with Crippen LogP contribution in [-0.2, 0) is 5.41 Å². The first-order chi connectivity index (χ1) is 17.9. The van der Waals surface area contributed by atoms with Gasteiger partial charge < -0.3 is 32.1 Å². The van der Waals surface area contributed by atoms with Gasteiger partial charge in [0.15, 0.2) is 0 Å². The van der Waals surface area contributed by atoms with Gasteiger partial charge in [-0.15, -0.1) is 0 Å². The van der Waals surface area contributed by atoms with Gasteiger partial charge >= 0.3 is 0 Å². The highest BCUT2D eigenvalue weighted by molar-refractivity contribution is 5.93. The summed E-state index contributed by atoms with van der Waals surface area (Å²) in [5.41, 5.74) is 16.9. The number of H-pyrrole nitrogens is 2. The third kappa shape index (κ3) is 5.21. The van der Waals surface area contributed by atoms with Gasteiger partial charge in [0.05, 0.1) is 0 Å². The van der Waals surface area contributed by atoms with Gasteiger partial charge in [-0.25, -0.2) is 0 Å². The van der Waals surface area contributed by atoms with Crippen LogP contribution >= 0.6 is 0 Å². The molecule has 0 aliphatic heterocycles. The number of benzene rings is 2. The van der Waals surface area contributed by atoms with Crippen LogP contribution in [0.5, 0.6) is 0 Å². The van der Waals surface area contributed by atoms with Crippen molar-refractivity contribution in [3.8, 4) is 0 Å². The zero-order chi connectivity index (χ0) is 26.4. The van der Waals surface area contributed by atoms with Crippen LogP contribution in [0.25, 0.3) is 0 Å². The minimum atomic E-state index is -0.861. The highest BCUT2D eigenvalue weighted by atomic mass is 16.2. The average Bonchev–Trinajstić information content (AvgIpc) is 3.60. The normalized spacial score (nSPS) is 11.4. The molecule has 8 N–H and O–H groups in total. The lowest BCUT2D eigenvalue weighted by Gasteiger charge is -2.34. The van der Waals surface area contributed by atoms with Crippen molar-refractivity contribution in [1.82, 2.24) is 20.6 Å². The molecule has 192 valence electrons. The van der Waals surface area contributed by atoms with Crippen molar-refractivity contribution in [2.75, 3.05) is 26.2 Å². The molecule has 0 radical (unpaired) electrons. The van der Waals surface area contributed by atoms with Crippen molar-refractivity contribution in [3.63, 3.8) is 0 Å². The monoisotopic (exact) mass is 498 g/mol. The van der Waals surface area contributed by atoms with E-state index in [1.165, 1.54) is 0 Å². The minimum absolute atomic E-state index is 0.230. The third-order valence-corrected chi connectivity index (χ3v) is 6.50. The topological polar surface area (TPSA) is 142 Å². The fourth-order valence-electron chi connectivity index (χ4n) is 4.60. The zero-order valence-corrected chi connectivity index (χ0v) is 21.2. The fourth-order valence-corrected chi connectivity index (χ4v) is 4.60. The molecule has 0 atom stereocenters. The number of nitrogens with one attached hydrogen (secondary N) is 4. The Balaban J connectivity index is 1.96. The van der Waals surface area contributed by atoms with Crippen molar-refractivity contribution in [2.24, 2.45) is 11.5 Å². The summed E-state index contributed by atoms with van der Waals surface area (Å²) in [5.74, 6) is -0.460. The van der Waals surface area contributed by atoms with Crippen molar-refractivity contribution in [3.05, 3.63) is 118 Å². The lowest BCUT2D eigenvalue weighted by molar-refractivity contribution is 0.0942. The predicted molar refractivity (Wildman–Crippen MR) is 146 cm³/mol. The van der Waals surface area contributed by atoms with E-state index in [0.717, 1.165) is 33.6 Å². The number of carbonyl (C=O) groups is 2.